The van der Waals surface area contributed by atoms with Crippen LogP contribution in [0.2, 0.25) is 0 Å². The van der Waals surface area contributed by atoms with E-state index in [2.05, 4.69) is 0 Å². The summed E-state index contributed by atoms with van der Waals surface area (Å²) in [5.74, 6) is 0.852. The van der Waals surface area contributed by atoms with Gasteiger partial charge < -0.3 is 9.47 Å². The Balaban J connectivity index is 2.08. The van der Waals surface area contributed by atoms with Crippen molar-refractivity contribution in [1.82, 2.24) is 0 Å². The molecule has 2 rings (SSSR count). The van der Waals surface area contributed by atoms with Crippen LogP contribution in [-0.2, 0) is 16.0 Å². The van der Waals surface area contributed by atoms with Gasteiger partial charge in [-0.05, 0) is 43.4 Å². The average Bonchev–Trinajstić information content (AvgIpc) is 2.79. The van der Waals surface area contributed by atoms with E-state index < -0.39 is 0 Å². The van der Waals surface area contributed by atoms with Gasteiger partial charge in [0.2, 0.25) is 0 Å². The molecule has 1 aromatic rings. The number of carbonyl (C=O) groups is 1. The van der Waals surface area contributed by atoms with Crippen LogP contribution >= 0.6 is 0 Å². The predicted octanol–water partition coefficient (Wildman–Crippen LogP) is 2.72. The third-order valence-corrected chi connectivity index (χ3v) is 3.50. The molecule has 0 heterocycles. The lowest BCUT2D eigenvalue weighted by atomic mass is 9.92. The van der Waals surface area contributed by atoms with Crippen molar-refractivity contribution in [2.24, 2.45) is 0 Å². The lowest BCUT2D eigenvalue weighted by Gasteiger charge is -2.27. The van der Waals surface area contributed by atoms with Crippen LogP contribution < -0.4 is 4.74 Å². The third-order valence-electron chi connectivity index (χ3n) is 3.50. The summed E-state index contributed by atoms with van der Waals surface area (Å²) < 4.78 is 10.5. The Labute approximate surface area is 102 Å². The molecule has 0 atom stereocenters. The van der Waals surface area contributed by atoms with Crippen LogP contribution in [0.1, 0.15) is 31.2 Å². The van der Waals surface area contributed by atoms with Crippen LogP contribution in [0.15, 0.2) is 24.3 Å². The molecular formula is C14H18O3. The normalized spacial score (nSPS) is 17.7. The van der Waals surface area contributed by atoms with E-state index in [1.807, 2.05) is 24.3 Å². The van der Waals surface area contributed by atoms with Crippen LogP contribution in [0.5, 0.6) is 5.75 Å². The second-order valence-corrected chi connectivity index (χ2v) is 4.63. The Morgan fingerprint density at radius 3 is 2.41 bits per heavy atom. The highest BCUT2D eigenvalue weighted by Crippen LogP contribution is 2.35. The van der Waals surface area contributed by atoms with E-state index in [1.54, 1.807) is 7.11 Å². The Hall–Kier alpha value is -1.51. The van der Waals surface area contributed by atoms with Crippen LogP contribution in [0.25, 0.3) is 0 Å². The molecule has 0 unspecified atom stereocenters. The van der Waals surface area contributed by atoms with E-state index in [0.717, 1.165) is 37.9 Å². The van der Waals surface area contributed by atoms with Crippen LogP contribution in [0.4, 0.5) is 0 Å². The number of hydrogen-bond donors (Lipinski definition) is 0. The summed E-state index contributed by atoms with van der Waals surface area (Å²) in [6, 6.07) is 7.96. The number of rotatable bonds is 5. The first kappa shape index (κ1) is 12.0. The molecule has 1 saturated carbocycles. The molecule has 0 spiro atoms. The highest BCUT2D eigenvalue weighted by Gasteiger charge is 2.35. The Morgan fingerprint density at radius 2 is 1.88 bits per heavy atom. The van der Waals surface area contributed by atoms with Crippen molar-refractivity contribution in [2.75, 3.05) is 7.11 Å². The molecule has 1 aliphatic carbocycles. The van der Waals surface area contributed by atoms with Gasteiger partial charge in [-0.2, -0.15) is 0 Å². The predicted molar refractivity (Wildman–Crippen MR) is 65.0 cm³/mol. The fraction of sp³-hybridized carbons (Fsp3) is 0.500. The molecule has 0 aromatic heterocycles. The minimum Gasteiger partial charge on any atom is -0.497 e. The molecule has 0 amide bonds. The van der Waals surface area contributed by atoms with E-state index in [4.69, 9.17) is 9.47 Å². The molecule has 0 saturated heterocycles. The van der Waals surface area contributed by atoms with Crippen LogP contribution in [0, 0.1) is 0 Å². The molecule has 92 valence electrons. The molecule has 3 heteroatoms. The van der Waals surface area contributed by atoms with Crippen molar-refractivity contribution in [3.8, 4) is 5.75 Å². The first-order valence-corrected chi connectivity index (χ1v) is 6.02. The summed E-state index contributed by atoms with van der Waals surface area (Å²) in [6.45, 7) is 0.592. The minimum absolute atomic E-state index is 0.268. The molecule has 1 aromatic carbocycles. The van der Waals surface area contributed by atoms with Gasteiger partial charge in [0.15, 0.2) is 0 Å². The molecule has 0 bridgehead atoms. The van der Waals surface area contributed by atoms with Gasteiger partial charge in [-0.1, -0.05) is 12.1 Å². The van der Waals surface area contributed by atoms with Gasteiger partial charge in [-0.15, -0.1) is 0 Å². The van der Waals surface area contributed by atoms with Crippen molar-refractivity contribution in [1.29, 1.82) is 0 Å². The van der Waals surface area contributed by atoms with Gasteiger partial charge in [0, 0.05) is 6.42 Å². The van der Waals surface area contributed by atoms with Crippen molar-refractivity contribution in [2.45, 2.75) is 37.7 Å². The Kier molecular flexibility index (Phi) is 3.67. The molecule has 1 aliphatic rings. The molecule has 1 fully saturated rings. The average molecular weight is 234 g/mol. The lowest BCUT2D eigenvalue weighted by molar-refractivity contribution is -0.142. The zero-order chi connectivity index (χ0) is 12.1. The van der Waals surface area contributed by atoms with Crippen LogP contribution in [-0.4, -0.2) is 19.2 Å². The largest absolute Gasteiger partial charge is 0.497 e. The molecular weight excluding hydrogens is 216 g/mol. The highest BCUT2D eigenvalue weighted by molar-refractivity contribution is 5.39. The zero-order valence-corrected chi connectivity index (χ0v) is 10.1. The second-order valence-electron chi connectivity index (χ2n) is 4.63. The summed E-state index contributed by atoms with van der Waals surface area (Å²) in [6.07, 6.45) is 5.03. The van der Waals surface area contributed by atoms with Crippen molar-refractivity contribution >= 4 is 6.47 Å². The number of ether oxygens (including phenoxy) is 2. The molecule has 17 heavy (non-hydrogen) atoms. The maximum absolute atomic E-state index is 10.6. The van der Waals surface area contributed by atoms with E-state index in [1.165, 1.54) is 5.56 Å². The van der Waals surface area contributed by atoms with E-state index in [-0.39, 0.29) is 5.60 Å². The van der Waals surface area contributed by atoms with Crippen LogP contribution in [0.3, 0.4) is 0 Å². The minimum atomic E-state index is -0.268. The third kappa shape index (κ3) is 2.78. The standard InChI is InChI=1S/C14H18O3/c1-16-13-6-4-12(5-7-13)10-14(17-11-15)8-2-3-9-14/h4-7,11H,2-3,8-10H2,1H3. The maximum Gasteiger partial charge on any atom is 0.293 e. The van der Waals surface area contributed by atoms with E-state index in [9.17, 15) is 4.79 Å². The summed E-state index contributed by atoms with van der Waals surface area (Å²) in [5.41, 5.74) is 0.922. The zero-order valence-electron chi connectivity index (χ0n) is 10.1. The van der Waals surface area contributed by atoms with Crippen molar-refractivity contribution in [3.05, 3.63) is 29.8 Å². The monoisotopic (exact) mass is 234 g/mol. The second kappa shape index (κ2) is 5.21. The number of methoxy groups -OCH3 is 1. The van der Waals surface area contributed by atoms with Crippen molar-refractivity contribution < 1.29 is 14.3 Å². The smallest absolute Gasteiger partial charge is 0.293 e. The lowest BCUT2D eigenvalue weighted by Crippen LogP contribution is -2.31. The summed E-state index contributed by atoms with van der Waals surface area (Å²) in [7, 11) is 1.66. The van der Waals surface area contributed by atoms with Gasteiger partial charge >= 0.3 is 0 Å². The van der Waals surface area contributed by atoms with Crippen molar-refractivity contribution in [3.63, 3.8) is 0 Å². The first-order chi connectivity index (χ1) is 8.28. The van der Waals surface area contributed by atoms with Gasteiger partial charge in [-0.25, -0.2) is 0 Å². The number of carbonyl (C=O) groups excluding carboxylic acids is 1. The molecule has 3 nitrogen and oxygen atoms in total. The Morgan fingerprint density at radius 1 is 1.24 bits per heavy atom. The highest BCUT2D eigenvalue weighted by atomic mass is 16.5. The Bertz CT molecular complexity index is 364. The molecule has 0 N–H and O–H groups in total. The molecule has 0 aliphatic heterocycles. The van der Waals surface area contributed by atoms with Gasteiger partial charge in [0.25, 0.3) is 6.47 Å². The SMILES string of the molecule is COc1ccc(CC2(OC=O)CCCC2)cc1. The fourth-order valence-corrected chi connectivity index (χ4v) is 2.57. The van der Waals surface area contributed by atoms with Gasteiger partial charge in [0.05, 0.1) is 7.11 Å². The van der Waals surface area contributed by atoms with Gasteiger partial charge in [-0.3, -0.25) is 4.79 Å². The summed E-state index contributed by atoms with van der Waals surface area (Å²) >= 11 is 0. The fourth-order valence-electron chi connectivity index (χ4n) is 2.57. The van der Waals surface area contributed by atoms with E-state index in [0.29, 0.717) is 6.47 Å². The maximum atomic E-state index is 10.6. The first-order valence-electron chi connectivity index (χ1n) is 6.02. The number of benzene rings is 1. The topological polar surface area (TPSA) is 35.5 Å². The van der Waals surface area contributed by atoms with Gasteiger partial charge in [0.1, 0.15) is 11.4 Å². The summed E-state index contributed by atoms with van der Waals surface area (Å²) in [4.78, 5) is 10.6. The summed E-state index contributed by atoms with van der Waals surface area (Å²) in [5, 5.41) is 0. The number of hydrogen-bond acceptors (Lipinski definition) is 3. The quantitative estimate of drug-likeness (QED) is 0.735. The van der Waals surface area contributed by atoms with E-state index >= 15 is 0 Å². The molecule has 0 radical (unpaired) electrons.